The maximum Gasteiger partial charge on any atom is 0.236 e. The van der Waals surface area contributed by atoms with Crippen molar-refractivity contribution in [2.45, 2.75) is 19.4 Å². The Morgan fingerprint density at radius 3 is 3.08 bits per heavy atom. The van der Waals surface area contributed by atoms with Crippen LogP contribution in [0.1, 0.15) is 19.4 Å². The molecule has 0 spiro atoms. The number of aromatic nitrogens is 5. The van der Waals surface area contributed by atoms with Gasteiger partial charge in [-0.05, 0) is 18.4 Å². The first kappa shape index (κ1) is 14.9. The third kappa shape index (κ3) is 2.12. The van der Waals surface area contributed by atoms with Crippen LogP contribution in [0, 0.1) is 5.92 Å². The summed E-state index contributed by atoms with van der Waals surface area (Å²) >= 11 is 0. The van der Waals surface area contributed by atoms with Crippen LogP contribution in [0.4, 0.5) is 5.82 Å². The fourth-order valence-electron chi connectivity index (χ4n) is 3.49. The number of nitrogen functional groups attached to an aromatic ring is 1. The largest absolute Gasteiger partial charge is 0.380 e. The number of rotatable bonds is 2. The third-order valence-electron chi connectivity index (χ3n) is 4.90. The van der Waals surface area contributed by atoms with Gasteiger partial charge in [-0.1, -0.05) is 6.92 Å². The molecule has 9 nitrogen and oxygen atoms in total. The van der Waals surface area contributed by atoms with Gasteiger partial charge >= 0.3 is 0 Å². The SMILES string of the molecule is C[C@@H]1CCN(C(=O)CN)C[C@@H]1n1nc(N)c2nnc3[nH]ccc3c21. The van der Waals surface area contributed by atoms with Crippen LogP contribution in [0.15, 0.2) is 12.3 Å². The Morgan fingerprint density at radius 2 is 2.29 bits per heavy atom. The molecule has 1 fully saturated rings. The van der Waals surface area contributed by atoms with Crippen LogP contribution in [0.25, 0.3) is 22.1 Å². The number of carbonyl (C=O) groups is 1. The molecule has 1 aliphatic rings. The fourth-order valence-corrected chi connectivity index (χ4v) is 3.49. The molecule has 126 valence electrons. The van der Waals surface area contributed by atoms with Gasteiger partial charge in [0.1, 0.15) is 5.52 Å². The van der Waals surface area contributed by atoms with Crippen molar-refractivity contribution in [3.05, 3.63) is 12.3 Å². The highest BCUT2D eigenvalue weighted by Gasteiger charge is 2.32. The number of hydrogen-bond acceptors (Lipinski definition) is 6. The quantitative estimate of drug-likeness (QED) is 0.618. The molecule has 5 N–H and O–H groups in total. The van der Waals surface area contributed by atoms with Crippen LogP contribution >= 0.6 is 0 Å². The molecule has 0 saturated carbocycles. The van der Waals surface area contributed by atoms with Gasteiger partial charge in [-0.2, -0.15) is 5.10 Å². The lowest BCUT2D eigenvalue weighted by molar-refractivity contribution is -0.132. The highest BCUT2D eigenvalue weighted by atomic mass is 16.2. The molecule has 2 atom stereocenters. The Hall–Kier alpha value is -2.68. The van der Waals surface area contributed by atoms with Gasteiger partial charge in [-0.15, -0.1) is 10.2 Å². The molecule has 0 aromatic carbocycles. The number of nitrogens with one attached hydrogen (secondary N) is 1. The Morgan fingerprint density at radius 1 is 1.46 bits per heavy atom. The Balaban J connectivity index is 1.85. The van der Waals surface area contributed by atoms with Crippen molar-refractivity contribution in [3.8, 4) is 0 Å². The number of anilines is 1. The summed E-state index contributed by atoms with van der Waals surface area (Å²) < 4.78 is 1.91. The fraction of sp³-hybridized carbons (Fsp3) is 0.467. The van der Waals surface area contributed by atoms with E-state index in [1.54, 1.807) is 4.90 Å². The van der Waals surface area contributed by atoms with E-state index in [2.05, 4.69) is 27.2 Å². The van der Waals surface area contributed by atoms with Gasteiger partial charge in [0.05, 0.1) is 12.6 Å². The van der Waals surface area contributed by atoms with Crippen LogP contribution in [0.2, 0.25) is 0 Å². The Kier molecular flexibility index (Phi) is 3.38. The van der Waals surface area contributed by atoms with Crippen molar-refractivity contribution in [1.82, 2.24) is 29.9 Å². The third-order valence-corrected chi connectivity index (χ3v) is 4.90. The predicted molar refractivity (Wildman–Crippen MR) is 90.0 cm³/mol. The van der Waals surface area contributed by atoms with Crippen molar-refractivity contribution in [2.75, 3.05) is 25.4 Å². The van der Waals surface area contributed by atoms with E-state index in [9.17, 15) is 4.79 Å². The summed E-state index contributed by atoms with van der Waals surface area (Å²) in [6, 6.07) is 1.97. The second-order valence-corrected chi connectivity index (χ2v) is 6.34. The Bertz CT molecular complexity index is 913. The molecule has 1 saturated heterocycles. The van der Waals surface area contributed by atoms with Gasteiger partial charge < -0.3 is 21.4 Å². The first-order valence-electron chi connectivity index (χ1n) is 8.05. The number of amides is 1. The highest BCUT2D eigenvalue weighted by molar-refractivity contribution is 6.03. The van der Waals surface area contributed by atoms with E-state index in [-0.39, 0.29) is 18.5 Å². The summed E-state index contributed by atoms with van der Waals surface area (Å²) in [6.45, 7) is 3.49. The number of piperidine rings is 1. The normalized spacial score (nSPS) is 21.7. The summed E-state index contributed by atoms with van der Waals surface area (Å²) in [5.41, 5.74) is 13.7. The molecule has 1 aliphatic heterocycles. The van der Waals surface area contributed by atoms with Gasteiger partial charge in [-0.25, -0.2) is 0 Å². The van der Waals surface area contributed by atoms with Crippen LogP contribution in [0.5, 0.6) is 0 Å². The van der Waals surface area contributed by atoms with E-state index in [1.165, 1.54) is 0 Å². The second kappa shape index (κ2) is 5.45. The van der Waals surface area contributed by atoms with Gasteiger partial charge in [0.2, 0.25) is 5.91 Å². The average molecular weight is 328 g/mol. The maximum atomic E-state index is 12.0. The Labute approximate surface area is 138 Å². The van der Waals surface area contributed by atoms with Crippen molar-refractivity contribution >= 4 is 33.8 Å². The monoisotopic (exact) mass is 328 g/mol. The number of H-pyrrole nitrogens is 1. The number of fused-ring (bicyclic) bond motifs is 3. The molecule has 4 rings (SSSR count). The number of likely N-dealkylation sites (tertiary alicyclic amines) is 1. The summed E-state index contributed by atoms with van der Waals surface area (Å²) in [5.74, 6) is 0.675. The van der Waals surface area contributed by atoms with E-state index in [0.717, 1.165) is 23.9 Å². The molecule has 0 bridgehead atoms. The first-order valence-corrected chi connectivity index (χ1v) is 8.05. The van der Waals surface area contributed by atoms with Crippen molar-refractivity contribution in [3.63, 3.8) is 0 Å². The average Bonchev–Trinajstić information content (AvgIpc) is 3.19. The summed E-state index contributed by atoms with van der Waals surface area (Å²) in [4.78, 5) is 16.9. The molecular formula is C15H20N8O. The van der Waals surface area contributed by atoms with E-state index in [0.29, 0.717) is 29.4 Å². The van der Waals surface area contributed by atoms with Gasteiger partial charge in [-0.3, -0.25) is 9.48 Å². The minimum atomic E-state index is -0.0390. The minimum Gasteiger partial charge on any atom is -0.380 e. The van der Waals surface area contributed by atoms with Crippen molar-refractivity contribution < 1.29 is 4.79 Å². The molecule has 0 radical (unpaired) electrons. The lowest BCUT2D eigenvalue weighted by atomic mass is 9.93. The second-order valence-electron chi connectivity index (χ2n) is 6.34. The topological polar surface area (TPSA) is 132 Å². The van der Waals surface area contributed by atoms with Crippen LogP contribution in [-0.2, 0) is 4.79 Å². The maximum absolute atomic E-state index is 12.0. The molecule has 3 aromatic heterocycles. The number of nitrogens with zero attached hydrogens (tertiary/aromatic N) is 5. The zero-order valence-corrected chi connectivity index (χ0v) is 13.4. The molecule has 3 aromatic rings. The summed E-state index contributed by atoms with van der Waals surface area (Å²) in [6.07, 6.45) is 2.72. The molecule has 0 unspecified atom stereocenters. The molecule has 9 heteroatoms. The van der Waals surface area contributed by atoms with Crippen molar-refractivity contribution in [1.29, 1.82) is 0 Å². The predicted octanol–water partition coefficient (Wildman–Crippen LogP) is 0.258. The van der Waals surface area contributed by atoms with E-state index in [4.69, 9.17) is 11.5 Å². The number of hydrogen-bond donors (Lipinski definition) is 3. The van der Waals surface area contributed by atoms with Crippen LogP contribution < -0.4 is 11.5 Å². The number of carbonyl (C=O) groups excluding carboxylic acids is 1. The van der Waals surface area contributed by atoms with E-state index in [1.807, 2.05) is 16.9 Å². The first-order chi connectivity index (χ1) is 11.6. The molecule has 0 aliphatic carbocycles. The zero-order valence-electron chi connectivity index (χ0n) is 13.4. The number of aromatic amines is 1. The van der Waals surface area contributed by atoms with Gasteiger partial charge in [0, 0.05) is 24.7 Å². The van der Waals surface area contributed by atoms with Gasteiger partial charge in [0.25, 0.3) is 0 Å². The molecule has 1 amide bonds. The van der Waals surface area contributed by atoms with E-state index >= 15 is 0 Å². The van der Waals surface area contributed by atoms with E-state index < -0.39 is 0 Å². The highest BCUT2D eigenvalue weighted by Crippen LogP contribution is 2.33. The van der Waals surface area contributed by atoms with Crippen LogP contribution in [-0.4, -0.2) is 55.4 Å². The van der Waals surface area contributed by atoms with Gasteiger partial charge in [0.15, 0.2) is 17.0 Å². The lowest BCUT2D eigenvalue weighted by Gasteiger charge is -2.37. The standard InChI is InChI=1S/C15H20N8O/c1-8-3-5-22(11(24)6-16)7-10(8)23-13-9-2-4-18-15(9)20-19-12(13)14(17)21-23/h2,4,8,10H,3,5-7,16H2,1H3,(H2,17,21)(H,18,20)/t8-,10+/m1/s1. The smallest absolute Gasteiger partial charge is 0.236 e. The minimum absolute atomic E-state index is 0.0244. The number of nitrogens with two attached hydrogens (primary N) is 2. The van der Waals surface area contributed by atoms with Crippen molar-refractivity contribution in [2.24, 2.45) is 11.7 Å². The molecular weight excluding hydrogens is 308 g/mol. The zero-order chi connectivity index (χ0) is 16.8. The summed E-state index contributed by atoms with van der Waals surface area (Å²) in [5, 5.41) is 13.8. The molecule has 24 heavy (non-hydrogen) atoms. The molecule has 4 heterocycles. The lowest BCUT2D eigenvalue weighted by Crippen LogP contribution is -2.46. The summed E-state index contributed by atoms with van der Waals surface area (Å²) in [7, 11) is 0. The van der Waals surface area contributed by atoms with Crippen LogP contribution in [0.3, 0.4) is 0 Å².